The molecule has 176 valence electrons. The van der Waals surface area contributed by atoms with Gasteiger partial charge in [-0.15, -0.1) is 0 Å². The number of amides is 1. The molecule has 4 aromatic rings. The lowest BCUT2D eigenvalue weighted by Crippen LogP contribution is -2.29. The van der Waals surface area contributed by atoms with Gasteiger partial charge in [0.2, 0.25) is 11.1 Å². The lowest BCUT2D eigenvalue weighted by molar-refractivity contribution is 0.0949. The molecule has 0 bridgehead atoms. The first-order valence-corrected chi connectivity index (χ1v) is 11.0. The molecule has 9 nitrogen and oxygen atoms in total. The topological polar surface area (TPSA) is 113 Å². The molecule has 2 N–H and O–H groups in total. The SMILES string of the molecule is CN(Cc1cc2c(=O)c(C(=O)NCc3ccc(Cl)cc3)cn(C)c2o1)C[C@@H](O)c1ncccn1. The molecule has 34 heavy (non-hydrogen) atoms. The third kappa shape index (κ3) is 5.33. The van der Waals surface area contributed by atoms with Crippen molar-refractivity contribution in [3.63, 3.8) is 0 Å². The van der Waals surface area contributed by atoms with Crippen LogP contribution in [0.5, 0.6) is 0 Å². The Hall–Kier alpha value is -3.53. The zero-order valence-corrected chi connectivity index (χ0v) is 19.5. The summed E-state index contributed by atoms with van der Waals surface area (Å²) in [6.45, 7) is 0.887. The Labute approximate surface area is 200 Å². The van der Waals surface area contributed by atoms with E-state index >= 15 is 0 Å². The molecule has 0 aliphatic heterocycles. The van der Waals surface area contributed by atoms with E-state index in [-0.39, 0.29) is 18.7 Å². The number of fused-ring (bicyclic) bond motifs is 1. The first-order valence-electron chi connectivity index (χ1n) is 10.6. The zero-order chi connectivity index (χ0) is 24.2. The van der Waals surface area contributed by atoms with Gasteiger partial charge in [-0.25, -0.2) is 9.97 Å². The van der Waals surface area contributed by atoms with Crippen molar-refractivity contribution >= 4 is 28.6 Å². The quantitative estimate of drug-likeness (QED) is 0.397. The number of aryl methyl sites for hydroxylation is 1. The Morgan fingerprint density at radius 3 is 2.68 bits per heavy atom. The van der Waals surface area contributed by atoms with Crippen LogP contribution in [-0.2, 0) is 20.1 Å². The number of rotatable bonds is 8. The third-order valence-corrected chi connectivity index (χ3v) is 5.55. The van der Waals surface area contributed by atoms with E-state index in [9.17, 15) is 14.7 Å². The summed E-state index contributed by atoms with van der Waals surface area (Å²) < 4.78 is 7.49. The minimum absolute atomic E-state index is 0.0290. The van der Waals surface area contributed by atoms with Crippen LogP contribution in [0.2, 0.25) is 5.02 Å². The predicted octanol–water partition coefficient (Wildman–Crippen LogP) is 2.67. The summed E-state index contributed by atoms with van der Waals surface area (Å²) in [4.78, 5) is 35.7. The van der Waals surface area contributed by atoms with Crippen LogP contribution in [0, 0.1) is 0 Å². The smallest absolute Gasteiger partial charge is 0.257 e. The van der Waals surface area contributed by atoms with Gasteiger partial charge < -0.3 is 19.4 Å². The fourth-order valence-electron chi connectivity index (χ4n) is 3.62. The number of benzene rings is 1. The van der Waals surface area contributed by atoms with E-state index in [1.807, 2.05) is 24.1 Å². The van der Waals surface area contributed by atoms with Gasteiger partial charge in [0.05, 0.1) is 11.9 Å². The molecule has 1 atom stereocenters. The number of aliphatic hydroxyl groups is 1. The second-order valence-electron chi connectivity index (χ2n) is 8.04. The first-order chi connectivity index (χ1) is 16.3. The molecule has 0 saturated heterocycles. The molecule has 10 heteroatoms. The number of carbonyl (C=O) groups is 1. The molecule has 0 spiro atoms. The van der Waals surface area contributed by atoms with Crippen molar-refractivity contribution in [3.8, 4) is 0 Å². The average molecular weight is 482 g/mol. The molecule has 0 aliphatic carbocycles. The van der Waals surface area contributed by atoms with Gasteiger partial charge in [-0.1, -0.05) is 23.7 Å². The van der Waals surface area contributed by atoms with Gasteiger partial charge in [0.25, 0.3) is 5.91 Å². The number of nitrogens with one attached hydrogen (secondary N) is 1. The van der Waals surface area contributed by atoms with E-state index in [0.29, 0.717) is 34.3 Å². The maximum absolute atomic E-state index is 13.0. The molecule has 1 amide bonds. The van der Waals surface area contributed by atoms with Gasteiger partial charge >= 0.3 is 0 Å². The van der Waals surface area contributed by atoms with Gasteiger partial charge in [-0.2, -0.15) is 0 Å². The van der Waals surface area contributed by atoms with Crippen LogP contribution in [0.1, 0.15) is 33.6 Å². The summed E-state index contributed by atoms with van der Waals surface area (Å²) in [5, 5.41) is 14.0. The number of aromatic nitrogens is 3. The Morgan fingerprint density at radius 2 is 1.97 bits per heavy atom. The molecule has 1 aromatic carbocycles. The number of pyridine rings is 1. The van der Waals surface area contributed by atoms with Crippen molar-refractivity contribution in [2.24, 2.45) is 7.05 Å². The normalized spacial score (nSPS) is 12.3. The second-order valence-corrected chi connectivity index (χ2v) is 8.48. The summed E-state index contributed by atoms with van der Waals surface area (Å²) in [6, 6.07) is 10.4. The second kappa shape index (κ2) is 10.2. The van der Waals surface area contributed by atoms with E-state index in [0.717, 1.165) is 5.56 Å². The number of nitrogens with zero attached hydrogens (tertiary/aromatic N) is 4. The molecular formula is C24H24ClN5O4. The highest BCUT2D eigenvalue weighted by atomic mass is 35.5. The van der Waals surface area contributed by atoms with Crippen LogP contribution in [0.4, 0.5) is 0 Å². The van der Waals surface area contributed by atoms with E-state index in [2.05, 4.69) is 15.3 Å². The number of likely N-dealkylation sites (N-methyl/N-ethyl adjacent to an activating group) is 1. The number of carbonyl (C=O) groups excluding carboxylic acids is 1. The van der Waals surface area contributed by atoms with Crippen LogP contribution in [-0.4, -0.2) is 44.0 Å². The molecule has 3 aromatic heterocycles. The minimum atomic E-state index is -0.863. The molecule has 0 aliphatic rings. The van der Waals surface area contributed by atoms with E-state index < -0.39 is 17.4 Å². The van der Waals surface area contributed by atoms with Gasteiger partial charge in [0, 0.05) is 43.8 Å². The average Bonchev–Trinajstić information content (AvgIpc) is 3.26. The predicted molar refractivity (Wildman–Crippen MR) is 127 cm³/mol. The van der Waals surface area contributed by atoms with Crippen molar-refractivity contribution < 1.29 is 14.3 Å². The van der Waals surface area contributed by atoms with E-state index in [1.165, 1.54) is 6.20 Å². The maximum Gasteiger partial charge on any atom is 0.257 e. The third-order valence-electron chi connectivity index (χ3n) is 5.30. The summed E-state index contributed by atoms with van der Waals surface area (Å²) >= 11 is 5.89. The largest absolute Gasteiger partial charge is 0.443 e. The van der Waals surface area contributed by atoms with Crippen molar-refractivity contribution in [2.75, 3.05) is 13.6 Å². The van der Waals surface area contributed by atoms with Crippen molar-refractivity contribution in [2.45, 2.75) is 19.2 Å². The molecule has 0 unspecified atom stereocenters. The number of halogens is 1. The molecule has 0 radical (unpaired) electrons. The standard InChI is InChI=1S/C24H24ClN5O4/c1-29(14-20(31)22-26-8-3-9-27-22)12-17-10-18-21(32)19(13-30(2)24(18)34-17)23(33)28-11-15-4-6-16(25)7-5-15/h3-10,13,20,31H,11-12,14H2,1-2H3,(H,28,33)/t20-/m1/s1. The zero-order valence-electron chi connectivity index (χ0n) is 18.7. The van der Waals surface area contributed by atoms with E-state index in [1.54, 1.807) is 48.3 Å². The highest BCUT2D eigenvalue weighted by molar-refractivity contribution is 6.30. The Balaban J connectivity index is 1.48. The van der Waals surface area contributed by atoms with E-state index in [4.69, 9.17) is 16.0 Å². The Bertz CT molecular complexity index is 1350. The summed E-state index contributed by atoms with van der Waals surface area (Å²) in [5.74, 6) is 0.398. The fourth-order valence-corrected chi connectivity index (χ4v) is 3.75. The first kappa shape index (κ1) is 23.6. The number of aliphatic hydroxyl groups excluding tert-OH is 1. The lowest BCUT2D eigenvalue weighted by Gasteiger charge is -2.18. The maximum atomic E-state index is 13.0. The Kier molecular flexibility index (Phi) is 7.06. The highest BCUT2D eigenvalue weighted by Gasteiger charge is 2.19. The lowest BCUT2D eigenvalue weighted by atomic mass is 10.2. The molecular weight excluding hydrogens is 458 g/mol. The molecule has 4 rings (SSSR count). The highest BCUT2D eigenvalue weighted by Crippen LogP contribution is 2.19. The van der Waals surface area contributed by atoms with Crippen molar-refractivity contribution in [1.29, 1.82) is 0 Å². The number of hydrogen-bond donors (Lipinski definition) is 2. The van der Waals surface area contributed by atoms with Gasteiger partial charge in [0.15, 0.2) is 5.82 Å². The molecule has 0 saturated carbocycles. The van der Waals surface area contributed by atoms with Gasteiger partial charge in [-0.05, 0) is 36.9 Å². The Morgan fingerprint density at radius 1 is 1.26 bits per heavy atom. The fraction of sp³-hybridized carbons (Fsp3) is 0.250. The van der Waals surface area contributed by atoms with Crippen LogP contribution < -0.4 is 10.7 Å². The van der Waals surface area contributed by atoms with Crippen LogP contribution in [0.25, 0.3) is 11.1 Å². The van der Waals surface area contributed by atoms with Gasteiger partial charge in [0.1, 0.15) is 17.4 Å². The van der Waals surface area contributed by atoms with Crippen LogP contribution in [0.15, 0.2) is 64.2 Å². The summed E-state index contributed by atoms with van der Waals surface area (Å²) in [6.07, 6.45) is 3.75. The number of furan rings is 1. The summed E-state index contributed by atoms with van der Waals surface area (Å²) in [7, 11) is 3.53. The molecule has 0 fully saturated rings. The minimum Gasteiger partial charge on any atom is -0.443 e. The van der Waals surface area contributed by atoms with Crippen molar-refractivity contribution in [1.82, 2.24) is 24.8 Å². The monoisotopic (exact) mass is 481 g/mol. The van der Waals surface area contributed by atoms with Crippen molar-refractivity contribution in [3.05, 3.63) is 92.9 Å². The molecule has 3 heterocycles. The summed E-state index contributed by atoms with van der Waals surface area (Å²) in [5.41, 5.74) is 0.861. The van der Waals surface area contributed by atoms with Gasteiger partial charge in [-0.3, -0.25) is 14.5 Å². The van der Waals surface area contributed by atoms with Crippen LogP contribution in [0.3, 0.4) is 0 Å². The van der Waals surface area contributed by atoms with Crippen LogP contribution >= 0.6 is 11.6 Å². The number of hydrogen-bond acceptors (Lipinski definition) is 7.